The van der Waals surface area contributed by atoms with Crippen molar-refractivity contribution in [1.29, 1.82) is 5.26 Å². The summed E-state index contributed by atoms with van der Waals surface area (Å²) in [5, 5.41) is 6.50. The van der Waals surface area contributed by atoms with E-state index >= 15 is 0 Å². The molecule has 0 saturated heterocycles. The van der Waals surface area contributed by atoms with Gasteiger partial charge in [-0.1, -0.05) is 0 Å². The fraction of sp³-hybridized carbons (Fsp3) is 0. The molecule has 0 aromatic carbocycles. The molecule has 0 aromatic rings. The summed E-state index contributed by atoms with van der Waals surface area (Å²) < 4.78 is 0. The summed E-state index contributed by atoms with van der Waals surface area (Å²) in [6, 6.07) is 0. The predicted octanol–water partition coefficient (Wildman–Crippen LogP) is -3.57. The molecule has 0 aliphatic carbocycles. The van der Waals surface area contributed by atoms with Crippen molar-refractivity contribution in [1.82, 2.24) is 0 Å². The minimum Gasteiger partial charge on any atom is -1.00 e. The summed E-state index contributed by atoms with van der Waals surface area (Å²) in [5.74, 6) is 0. The van der Waals surface area contributed by atoms with Gasteiger partial charge < -0.3 is 6.90 Å². The number of nitrogens with zero attached hydrogens (tertiary/aromatic N) is 1. The number of hydrogen-bond acceptors (Lipinski definition) is 1. The van der Waals surface area contributed by atoms with Crippen LogP contribution in [-0.4, -0.2) is 5.48 Å². The van der Waals surface area contributed by atoms with Gasteiger partial charge in [0.1, 0.15) is 0 Å². The van der Waals surface area contributed by atoms with Gasteiger partial charge in [0.05, 0.1) is 0 Å². The molecule has 0 spiro atoms. The molecule has 0 saturated carbocycles. The molecule has 3 heteroatoms. The van der Waals surface area contributed by atoms with Crippen molar-refractivity contribution in [3.63, 3.8) is 0 Å². The maximum atomic E-state index is 6.50. The van der Waals surface area contributed by atoms with Crippen LogP contribution in [0, 0.1) is 11.8 Å². The molecule has 0 bridgehead atoms. The van der Waals surface area contributed by atoms with Gasteiger partial charge in [0.25, 0.3) is 0 Å². The van der Waals surface area contributed by atoms with Crippen LogP contribution in [0.25, 0.3) is 0 Å². The second-order valence-corrected chi connectivity index (χ2v) is 0. The molecule has 2 nitrogen and oxygen atoms in total. The van der Waals surface area contributed by atoms with Crippen LogP contribution in [-0.2, 0) is 0 Å². The smallest absolute Gasteiger partial charge is 1.00 e. The molecule has 0 atom stereocenters. The molecule has 0 radical (unpaired) electrons. The molecule has 0 unspecified atom stereocenters. The molecule has 2 N–H and O–H groups in total. The van der Waals surface area contributed by atoms with Crippen LogP contribution < -0.4 is 29.6 Å². The maximum Gasteiger partial charge on any atom is 1.00 e. The van der Waals surface area contributed by atoms with Crippen LogP contribution in [0.4, 0.5) is 0 Å². The Morgan fingerprint density at radius 1 is 1.50 bits per heavy atom. The summed E-state index contributed by atoms with van der Waals surface area (Å²) in [7, 11) is 0. The molecule has 0 heterocycles. The Balaban J connectivity index is -0.00000000167. The molecule has 0 amide bonds. The van der Waals surface area contributed by atoms with Gasteiger partial charge in [0.2, 0.25) is 0 Å². The molecule has 0 aliphatic heterocycles. The van der Waals surface area contributed by atoms with Crippen LogP contribution in [0.3, 0.4) is 0 Å². The Morgan fingerprint density at radius 3 is 1.50 bits per heavy atom. The zero-order valence-electron chi connectivity index (χ0n) is 3.52. The molecule has 0 aromatic heterocycles. The molecule has 4 heavy (non-hydrogen) atoms. The van der Waals surface area contributed by atoms with E-state index in [1.54, 1.807) is 0 Å². The van der Waals surface area contributed by atoms with Gasteiger partial charge in [0.15, 0.2) is 0 Å². The molecule has 0 rings (SSSR count). The van der Waals surface area contributed by atoms with E-state index in [9.17, 15) is 0 Å². The van der Waals surface area contributed by atoms with Crippen molar-refractivity contribution in [2.75, 3.05) is 0 Å². The van der Waals surface area contributed by atoms with Crippen molar-refractivity contribution in [3.8, 4) is 6.57 Å². The summed E-state index contributed by atoms with van der Waals surface area (Å²) in [6.45, 7) is 3.50. The number of nitriles is 1. The molecule has 20 valence electrons. The third-order valence-corrected chi connectivity index (χ3v) is 0. The third kappa shape index (κ3) is 25.4. The van der Waals surface area contributed by atoms with Gasteiger partial charge in [-0.3, -0.25) is 0 Å². The van der Waals surface area contributed by atoms with Gasteiger partial charge in [-0.15, -0.1) is 0 Å². The van der Waals surface area contributed by atoms with Crippen molar-refractivity contribution in [2.45, 2.75) is 0 Å². The Morgan fingerprint density at radius 2 is 1.50 bits per heavy atom. The standard InChI is InChI=1S/CHN.Na.H2O.H/c1-2;;;/h1H;;1H2;/q;+1;;-1. The average Bonchev–Trinajstić information content (AvgIpc) is 1.00. The van der Waals surface area contributed by atoms with Crippen LogP contribution in [0.2, 0.25) is 0 Å². The Kier molecular flexibility index (Phi) is 644. The monoisotopic (exact) mass is 69.0 g/mol. The van der Waals surface area contributed by atoms with Gasteiger partial charge in [-0.05, 0) is 0 Å². The van der Waals surface area contributed by atoms with Crippen molar-refractivity contribution in [2.24, 2.45) is 0 Å². The number of rotatable bonds is 0. The van der Waals surface area contributed by atoms with Gasteiger partial charge in [-0.25, -0.2) is 5.26 Å². The van der Waals surface area contributed by atoms with E-state index in [4.69, 9.17) is 5.26 Å². The Labute approximate surface area is 48.5 Å². The van der Waals surface area contributed by atoms with Gasteiger partial charge in [0, 0.05) is 6.57 Å². The molecular weight excluding hydrogens is 65.0 g/mol. The second kappa shape index (κ2) is 102. The Bertz CT molecular complexity index is 16.4. The van der Waals surface area contributed by atoms with Crippen LogP contribution >= 0.6 is 0 Å². The first kappa shape index (κ1) is 25.2. The number of hydrogen-bond donors (Lipinski definition) is 0. The largest absolute Gasteiger partial charge is 1.00 e. The summed E-state index contributed by atoms with van der Waals surface area (Å²) in [6.07, 6.45) is 0. The van der Waals surface area contributed by atoms with E-state index in [0.29, 0.717) is 0 Å². The summed E-state index contributed by atoms with van der Waals surface area (Å²) in [4.78, 5) is 0. The Hall–Kier alpha value is 0.450. The van der Waals surface area contributed by atoms with E-state index in [1.165, 1.54) is 0 Å². The topological polar surface area (TPSA) is 55.3 Å². The fourth-order valence-corrected chi connectivity index (χ4v) is 0. The van der Waals surface area contributed by atoms with Crippen molar-refractivity contribution in [3.05, 3.63) is 0 Å². The minimum atomic E-state index is 0. The van der Waals surface area contributed by atoms with Gasteiger partial charge in [-0.2, -0.15) is 0 Å². The molecular formula is CH4NNaO. The van der Waals surface area contributed by atoms with Crippen LogP contribution in [0.5, 0.6) is 0 Å². The van der Waals surface area contributed by atoms with Crippen molar-refractivity contribution < 1.29 is 36.5 Å². The minimum absolute atomic E-state index is 0. The first-order chi connectivity index (χ1) is 1.00. The third-order valence-electron chi connectivity index (χ3n) is 0. The SMILES string of the molecule is C#N.O.[H-].[Na+]. The quantitative estimate of drug-likeness (QED) is 0.271. The predicted molar refractivity (Wildman–Crippen MR) is 11.4 cm³/mol. The van der Waals surface area contributed by atoms with E-state index in [-0.39, 0.29) is 36.5 Å². The van der Waals surface area contributed by atoms with Crippen LogP contribution in [0.15, 0.2) is 0 Å². The van der Waals surface area contributed by atoms with E-state index in [1.807, 2.05) is 0 Å². The second-order valence-electron chi connectivity index (χ2n) is 0. The normalized spacial score (nSPS) is 0.500. The fourth-order valence-electron chi connectivity index (χ4n) is 0. The van der Waals surface area contributed by atoms with Gasteiger partial charge >= 0.3 is 29.6 Å². The summed E-state index contributed by atoms with van der Waals surface area (Å²) in [5.41, 5.74) is 0. The molecule has 0 fully saturated rings. The van der Waals surface area contributed by atoms with E-state index in [2.05, 4.69) is 6.57 Å². The van der Waals surface area contributed by atoms with E-state index in [0.717, 1.165) is 0 Å². The van der Waals surface area contributed by atoms with Crippen molar-refractivity contribution >= 4 is 0 Å². The van der Waals surface area contributed by atoms with Crippen LogP contribution in [0.1, 0.15) is 1.43 Å². The first-order valence-corrected chi connectivity index (χ1v) is 0.258. The zero-order chi connectivity index (χ0) is 2.00. The van der Waals surface area contributed by atoms with E-state index < -0.39 is 0 Å². The average molecular weight is 69.0 g/mol. The first-order valence-electron chi connectivity index (χ1n) is 0.258. The molecule has 0 aliphatic rings. The maximum absolute atomic E-state index is 6.50. The zero-order valence-corrected chi connectivity index (χ0v) is 4.52. The summed E-state index contributed by atoms with van der Waals surface area (Å²) >= 11 is 0.